The summed E-state index contributed by atoms with van der Waals surface area (Å²) in [5.74, 6) is -0.691. The van der Waals surface area contributed by atoms with Crippen molar-refractivity contribution in [1.29, 1.82) is 0 Å². The zero-order valence-corrected chi connectivity index (χ0v) is 26.5. The SMILES string of the molecule is Cc1ncc(-c2ccc(C)c(S(=O)(=O)N[C@H]3CCCCNC(=O)[C@H](Cc4ccccc4)NC(=O)c4coc(n4)[C@H](C)NC3=O)c2)o1. The molecule has 0 saturated carbocycles. The van der Waals surface area contributed by atoms with E-state index in [-0.39, 0.29) is 41.8 Å². The highest BCUT2D eigenvalue weighted by Gasteiger charge is 2.30. The van der Waals surface area contributed by atoms with Crippen LogP contribution in [0.25, 0.3) is 11.3 Å². The van der Waals surface area contributed by atoms with Crippen molar-refractivity contribution < 1.29 is 31.6 Å². The summed E-state index contributed by atoms with van der Waals surface area (Å²) in [5.41, 5.74) is 1.80. The number of aromatic nitrogens is 2. The highest BCUT2D eigenvalue weighted by atomic mass is 32.2. The van der Waals surface area contributed by atoms with Crippen molar-refractivity contribution in [2.45, 2.75) is 69.5 Å². The number of sulfonamides is 1. The fraction of sp³-hybridized carbons (Fsp3) is 0.344. The second kappa shape index (κ2) is 14.1. The second-order valence-corrected chi connectivity index (χ2v) is 12.9. The van der Waals surface area contributed by atoms with Gasteiger partial charge in [-0.15, -0.1) is 0 Å². The Kier molecular flexibility index (Phi) is 9.97. The standard InChI is InChI=1S/C32H36N6O7S/c1-19-12-13-23(27-17-34-21(3)45-27)16-28(19)46(42,43)38-24-11-7-8-14-33-29(39)25(15-22-9-5-4-6-10-22)36-31(41)26-18-44-32(37-26)20(2)35-30(24)40/h4-6,9-10,12-13,16-18,20,24-25,38H,7-8,11,14-15H2,1-3H3,(H,33,39)(H,35,40)(H,36,41)/t20-,24-,25-/m0/s1. The number of fused-ring (bicyclic) bond motifs is 2. The van der Waals surface area contributed by atoms with Gasteiger partial charge in [-0.05, 0) is 50.3 Å². The monoisotopic (exact) mass is 648 g/mol. The number of benzene rings is 2. The van der Waals surface area contributed by atoms with E-state index in [2.05, 4.69) is 30.6 Å². The molecule has 0 saturated heterocycles. The van der Waals surface area contributed by atoms with Crippen LogP contribution in [-0.2, 0) is 26.0 Å². The molecule has 13 nitrogen and oxygen atoms in total. The highest BCUT2D eigenvalue weighted by molar-refractivity contribution is 7.89. The lowest BCUT2D eigenvalue weighted by atomic mass is 10.0. The Balaban J connectivity index is 1.37. The van der Waals surface area contributed by atoms with Crippen LogP contribution in [0.5, 0.6) is 0 Å². The predicted molar refractivity (Wildman–Crippen MR) is 167 cm³/mol. The van der Waals surface area contributed by atoms with Crippen LogP contribution < -0.4 is 20.7 Å². The molecule has 2 aromatic heterocycles. The first-order chi connectivity index (χ1) is 22.0. The van der Waals surface area contributed by atoms with E-state index in [0.717, 1.165) is 11.8 Å². The smallest absolute Gasteiger partial charge is 0.273 e. The van der Waals surface area contributed by atoms with Crippen LogP contribution in [-0.4, -0.2) is 54.7 Å². The van der Waals surface area contributed by atoms with Crippen LogP contribution in [0.1, 0.15) is 65.6 Å². The highest BCUT2D eigenvalue weighted by Crippen LogP contribution is 2.26. The van der Waals surface area contributed by atoms with E-state index in [1.165, 1.54) is 12.3 Å². The molecule has 0 radical (unpaired) electrons. The van der Waals surface area contributed by atoms with Crippen LogP contribution in [0.3, 0.4) is 0 Å². The van der Waals surface area contributed by atoms with Crippen LogP contribution in [0.2, 0.25) is 0 Å². The van der Waals surface area contributed by atoms with E-state index < -0.39 is 40.0 Å². The molecule has 14 heteroatoms. The number of nitrogens with one attached hydrogen (secondary N) is 4. The molecule has 3 amide bonds. The first-order valence-corrected chi connectivity index (χ1v) is 16.4. The van der Waals surface area contributed by atoms with Crippen LogP contribution in [0.4, 0.5) is 0 Å². The van der Waals surface area contributed by atoms with Gasteiger partial charge in [0.1, 0.15) is 24.4 Å². The van der Waals surface area contributed by atoms with Gasteiger partial charge in [-0.2, -0.15) is 4.72 Å². The molecule has 3 atom stereocenters. The molecule has 3 heterocycles. The lowest BCUT2D eigenvalue weighted by Crippen LogP contribution is -2.49. The minimum absolute atomic E-state index is 0.00730. The first kappa shape index (κ1) is 32.6. The van der Waals surface area contributed by atoms with E-state index in [1.807, 2.05) is 30.3 Å². The summed E-state index contributed by atoms with van der Waals surface area (Å²) in [4.78, 5) is 48.0. The zero-order chi connectivity index (χ0) is 32.8. The summed E-state index contributed by atoms with van der Waals surface area (Å²) in [6, 6.07) is 11.3. The van der Waals surface area contributed by atoms with Crippen molar-refractivity contribution in [2.24, 2.45) is 0 Å². The van der Waals surface area contributed by atoms with Crippen molar-refractivity contribution >= 4 is 27.7 Å². The van der Waals surface area contributed by atoms with Crippen LogP contribution in [0, 0.1) is 13.8 Å². The van der Waals surface area contributed by atoms with Crippen molar-refractivity contribution in [3.05, 3.63) is 89.6 Å². The van der Waals surface area contributed by atoms with E-state index in [4.69, 9.17) is 8.83 Å². The maximum Gasteiger partial charge on any atom is 0.273 e. The largest absolute Gasteiger partial charge is 0.446 e. The van der Waals surface area contributed by atoms with E-state index in [0.29, 0.717) is 35.6 Å². The number of oxazole rings is 2. The van der Waals surface area contributed by atoms with Crippen LogP contribution >= 0.6 is 0 Å². The molecule has 5 rings (SSSR count). The molecule has 2 bridgehead atoms. The number of nitrogens with zero attached hydrogens (tertiary/aromatic N) is 2. The quantitative estimate of drug-likeness (QED) is 0.244. The van der Waals surface area contributed by atoms with Gasteiger partial charge in [-0.1, -0.05) is 42.5 Å². The van der Waals surface area contributed by atoms with Gasteiger partial charge in [-0.3, -0.25) is 14.4 Å². The second-order valence-electron chi connectivity index (χ2n) is 11.2. The maximum absolute atomic E-state index is 13.7. The number of rotatable bonds is 6. The number of aryl methyl sites for hydroxylation is 2. The maximum atomic E-state index is 13.7. The third-order valence-corrected chi connectivity index (χ3v) is 9.22. The first-order valence-electron chi connectivity index (χ1n) is 14.9. The average molecular weight is 649 g/mol. The third kappa shape index (κ3) is 7.87. The summed E-state index contributed by atoms with van der Waals surface area (Å²) in [6.07, 6.45) is 3.93. The Morgan fingerprint density at radius 2 is 1.78 bits per heavy atom. The van der Waals surface area contributed by atoms with Gasteiger partial charge in [0.2, 0.25) is 27.7 Å². The van der Waals surface area contributed by atoms with Gasteiger partial charge in [0, 0.05) is 25.5 Å². The lowest BCUT2D eigenvalue weighted by Gasteiger charge is -2.22. The Bertz CT molecular complexity index is 1820. The Labute approximate surface area is 266 Å². The fourth-order valence-electron chi connectivity index (χ4n) is 5.10. The summed E-state index contributed by atoms with van der Waals surface area (Å²) in [7, 11) is -4.19. The molecule has 0 unspecified atom stereocenters. The molecule has 4 aromatic rings. The van der Waals surface area contributed by atoms with Gasteiger partial charge in [0.05, 0.1) is 11.1 Å². The normalized spacial score (nSPS) is 20.1. The lowest BCUT2D eigenvalue weighted by molar-refractivity contribution is -0.124. The third-order valence-electron chi connectivity index (χ3n) is 7.60. The number of carbonyl (C=O) groups is 3. The average Bonchev–Trinajstić information content (AvgIpc) is 3.70. The Hall–Kier alpha value is -4.82. The molecule has 4 N–H and O–H groups in total. The number of amides is 3. The fourth-order valence-corrected chi connectivity index (χ4v) is 6.60. The summed E-state index contributed by atoms with van der Waals surface area (Å²) < 4.78 is 41.0. The molecule has 0 fully saturated rings. The van der Waals surface area contributed by atoms with Crippen molar-refractivity contribution in [2.75, 3.05) is 6.54 Å². The molecule has 46 heavy (non-hydrogen) atoms. The number of hydrogen-bond donors (Lipinski definition) is 4. The van der Waals surface area contributed by atoms with E-state index >= 15 is 0 Å². The Morgan fingerprint density at radius 1 is 1.00 bits per heavy atom. The zero-order valence-electron chi connectivity index (χ0n) is 25.7. The van der Waals surface area contributed by atoms with Crippen molar-refractivity contribution in [3.8, 4) is 11.3 Å². The summed E-state index contributed by atoms with van der Waals surface area (Å²) in [6.45, 7) is 5.22. The van der Waals surface area contributed by atoms with Crippen molar-refractivity contribution in [3.63, 3.8) is 0 Å². The number of carbonyl (C=O) groups excluding carboxylic acids is 3. The molecular weight excluding hydrogens is 612 g/mol. The molecular formula is C32H36N6O7S. The van der Waals surface area contributed by atoms with Crippen molar-refractivity contribution in [1.82, 2.24) is 30.6 Å². The van der Waals surface area contributed by atoms with Crippen LogP contribution in [0.15, 0.2) is 74.7 Å². The number of hydrogen-bond acceptors (Lipinski definition) is 9. The predicted octanol–water partition coefficient (Wildman–Crippen LogP) is 3.11. The van der Waals surface area contributed by atoms with Gasteiger partial charge in [0.25, 0.3) is 5.91 Å². The molecule has 1 aliphatic heterocycles. The topological polar surface area (TPSA) is 186 Å². The van der Waals surface area contributed by atoms with Gasteiger partial charge < -0.3 is 24.8 Å². The summed E-state index contributed by atoms with van der Waals surface area (Å²) in [5, 5.41) is 8.33. The minimum atomic E-state index is -4.19. The molecule has 242 valence electrons. The molecule has 0 aliphatic carbocycles. The van der Waals surface area contributed by atoms with Gasteiger partial charge in [0.15, 0.2) is 17.3 Å². The Morgan fingerprint density at radius 3 is 2.52 bits per heavy atom. The minimum Gasteiger partial charge on any atom is -0.446 e. The molecule has 2 aromatic carbocycles. The molecule has 1 aliphatic rings. The van der Waals surface area contributed by atoms with E-state index in [1.54, 1.807) is 32.9 Å². The molecule has 0 spiro atoms. The van der Waals surface area contributed by atoms with E-state index in [9.17, 15) is 22.8 Å². The van der Waals surface area contributed by atoms with Gasteiger partial charge >= 0.3 is 0 Å². The summed E-state index contributed by atoms with van der Waals surface area (Å²) >= 11 is 0. The van der Waals surface area contributed by atoms with Gasteiger partial charge in [-0.25, -0.2) is 18.4 Å².